The van der Waals surface area contributed by atoms with Crippen molar-refractivity contribution in [3.05, 3.63) is 23.9 Å². The molecule has 1 aliphatic rings. The van der Waals surface area contributed by atoms with Crippen molar-refractivity contribution < 1.29 is 4.79 Å². The second kappa shape index (κ2) is 5.80. The molecule has 1 amide bonds. The Morgan fingerprint density at radius 3 is 2.83 bits per heavy atom. The molecule has 4 nitrogen and oxygen atoms in total. The van der Waals surface area contributed by atoms with Crippen LogP contribution in [0.1, 0.15) is 24.3 Å². The zero-order valence-corrected chi connectivity index (χ0v) is 12.2. The van der Waals surface area contributed by atoms with Gasteiger partial charge in [-0.05, 0) is 26.0 Å². The van der Waals surface area contributed by atoms with Crippen LogP contribution in [0.3, 0.4) is 0 Å². The van der Waals surface area contributed by atoms with Gasteiger partial charge in [-0.1, -0.05) is 6.07 Å². The fraction of sp³-hybridized carbons (Fsp3) is 0.500. The number of hydrogen-bond acceptors (Lipinski definition) is 4. The van der Waals surface area contributed by atoms with Gasteiger partial charge in [-0.3, -0.25) is 4.79 Å². The lowest BCUT2D eigenvalue weighted by Crippen LogP contribution is -2.46. The number of nitrogens with zero attached hydrogens (tertiary/aromatic N) is 2. The van der Waals surface area contributed by atoms with E-state index < -0.39 is 0 Å². The molecule has 0 aliphatic carbocycles. The highest BCUT2D eigenvalue weighted by atomic mass is 35.5. The number of anilines is 1. The van der Waals surface area contributed by atoms with E-state index in [1.807, 2.05) is 16.7 Å². The van der Waals surface area contributed by atoms with E-state index in [0.717, 1.165) is 18.8 Å². The summed E-state index contributed by atoms with van der Waals surface area (Å²) in [5, 5.41) is 0. The summed E-state index contributed by atoms with van der Waals surface area (Å²) < 4.78 is 0.119. The van der Waals surface area contributed by atoms with Gasteiger partial charge >= 0.3 is 0 Å². The minimum absolute atomic E-state index is 0. The standard InChI is InChI=1S/C12H17N3OS.ClH/c1-12(2)8-15(6-7-17-12)11(16)9-4-3-5-10(13)14-9;/h3-5H,6-8H2,1-2H3,(H2,13,14);1H. The molecule has 0 radical (unpaired) electrons. The Morgan fingerprint density at radius 1 is 1.50 bits per heavy atom. The number of halogens is 1. The molecule has 0 bridgehead atoms. The summed E-state index contributed by atoms with van der Waals surface area (Å²) in [7, 11) is 0. The van der Waals surface area contributed by atoms with Crippen molar-refractivity contribution >= 4 is 35.9 Å². The summed E-state index contributed by atoms with van der Waals surface area (Å²) in [6.45, 7) is 5.85. The smallest absolute Gasteiger partial charge is 0.272 e. The van der Waals surface area contributed by atoms with Crippen LogP contribution < -0.4 is 5.73 Å². The number of amides is 1. The van der Waals surface area contributed by atoms with Crippen LogP contribution in [0.5, 0.6) is 0 Å². The van der Waals surface area contributed by atoms with Crippen LogP contribution in [-0.4, -0.2) is 39.4 Å². The first-order valence-electron chi connectivity index (χ1n) is 5.64. The third kappa shape index (κ3) is 3.53. The van der Waals surface area contributed by atoms with Crippen molar-refractivity contribution in [3.63, 3.8) is 0 Å². The Labute approximate surface area is 118 Å². The average Bonchev–Trinajstić information content (AvgIpc) is 2.26. The second-order valence-corrected chi connectivity index (χ2v) is 6.58. The number of carbonyl (C=O) groups is 1. The van der Waals surface area contributed by atoms with Gasteiger partial charge in [-0.15, -0.1) is 12.4 Å². The Hall–Kier alpha value is -0.940. The fourth-order valence-electron chi connectivity index (χ4n) is 1.92. The van der Waals surface area contributed by atoms with Crippen LogP contribution in [-0.2, 0) is 0 Å². The lowest BCUT2D eigenvalue weighted by molar-refractivity contribution is 0.0742. The molecular weight excluding hydrogens is 270 g/mol. The summed E-state index contributed by atoms with van der Waals surface area (Å²) in [6, 6.07) is 5.17. The van der Waals surface area contributed by atoms with Gasteiger partial charge in [-0.2, -0.15) is 11.8 Å². The van der Waals surface area contributed by atoms with Crippen molar-refractivity contribution in [1.82, 2.24) is 9.88 Å². The topological polar surface area (TPSA) is 59.2 Å². The van der Waals surface area contributed by atoms with E-state index in [9.17, 15) is 4.79 Å². The normalized spacial score (nSPS) is 18.0. The fourth-order valence-corrected chi connectivity index (χ4v) is 3.03. The van der Waals surface area contributed by atoms with Gasteiger partial charge in [0.05, 0.1) is 0 Å². The molecule has 100 valence electrons. The number of aromatic nitrogens is 1. The van der Waals surface area contributed by atoms with Gasteiger partial charge in [0.2, 0.25) is 0 Å². The zero-order chi connectivity index (χ0) is 12.5. The Bertz CT molecular complexity index is 439. The maximum Gasteiger partial charge on any atom is 0.272 e. The van der Waals surface area contributed by atoms with Gasteiger partial charge in [0.15, 0.2) is 0 Å². The van der Waals surface area contributed by atoms with Crippen molar-refractivity contribution in [1.29, 1.82) is 0 Å². The quantitative estimate of drug-likeness (QED) is 0.859. The lowest BCUT2D eigenvalue weighted by atomic mass is 10.1. The highest BCUT2D eigenvalue weighted by molar-refractivity contribution is 8.00. The Balaban J connectivity index is 0.00000162. The predicted octanol–water partition coefficient (Wildman–Crippen LogP) is 2.05. The van der Waals surface area contributed by atoms with E-state index in [-0.39, 0.29) is 23.1 Å². The number of thioether (sulfide) groups is 1. The third-order valence-corrected chi connectivity index (χ3v) is 4.00. The Morgan fingerprint density at radius 2 is 2.22 bits per heavy atom. The van der Waals surface area contributed by atoms with Crippen LogP contribution in [0.2, 0.25) is 0 Å². The zero-order valence-electron chi connectivity index (χ0n) is 10.5. The van der Waals surface area contributed by atoms with Gasteiger partial charge in [0.1, 0.15) is 11.5 Å². The highest BCUT2D eigenvalue weighted by Crippen LogP contribution is 2.29. The molecule has 1 aromatic rings. The van der Waals surface area contributed by atoms with Crippen molar-refractivity contribution in [3.8, 4) is 0 Å². The first-order valence-corrected chi connectivity index (χ1v) is 6.62. The molecule has 2 heterocycles. The van der Waals surface area contributed by atoms with E-state index in [2.05, 4.69) is 18.8 Å². The van der Waals surface area contributed by atoms with E-state index in [0.29, 0.717) is 11.5 Å². The van der Waals surface area contributed by atoms with Gasteiger partial charge < -0.3 is 10.6 Å². The predicted molar refractivity (Wildman–Crippen MR) is 78.3 cm³/mol. The summed E-state index contributed by atoms with van der Waals surface area (Å²) in [4.78, 5) is 18.2. The molecule has 0 saturated carbocycles. The molecule has 6 heteroatoms. The van der Waals surface area contributed by atoms with Crippen LogP contribution in [0.15, 0.2) is 18.2 Å². The molecule has 1 aliphatic heterocycles. The SMILES string of the molecule is CC1(C)CN(C(=O)c2cccc(N)n2)CCS1.Cl. The number of pyridine rings is 1. The highest BCUT2D eigenvalue weighted by Gasteiger charge is 2.30. The Kier molecular flexibility index (Phi) is 4.87. The lowest BCUT2D eigenvalue weighted by Gasteiger charge is -2.37. The van der Waals surface area contributed by atoms with Gasteiger partial charge in [-0.25, -0.2) is 4.98 Å². The van der Waals surface area contributed by atoms with E-state index in [1.54, 1.807) is 18.2 Å². The van der Waals surface area contributed by atoms with Crippen LogP contribution >= 0.6 is 24.2 Å². The number of nitrogen functional groups attached to an aromatic ring is 1. The van der Waals surface area contributed by atoms with E-state index in [4.69, 9.17) is 5.73 Å². The summed E-state index contributed by atoms with van der Waals surface area (Å²) in [6.07, 6.45) is 0. The maximum absolute atomic E-state index is 12.2. The number of rotatable bonds is 1. The first kappa shape index (κ1) is 15.1. The van der Waals surface area contributed by atoms with Crippen LogP contribution in [0.4, 0.5) is 5.82 Å². The maximum atomic E-state index is 12.2. The molecule has 2 rings (SSSR count). The summed E-state index contributed by atoms with van der Waals surface area (Å²) in [5.41, 5.74) is 6.03. The number of nitrogens with two attached hydrogens (primary N) is 1. The van der Waals surface area contributed by atoms with Crippen molar-refractivity contribution in [2.45, 2.75) is 18.6 Å². The molecule has 1 aromatic heterocycles. The summed E-state index contributed by atoms with van der Waals surface area (Å²) in [5.74, 6) is 1.34. The van der Waals surface area contributed by atoms with Crippen LogP contribution in [0, 0.1) is 0 Å². The minimum Gasteiger partial charge on any atom is -0.384 e. The van der Waals surface area contributed by atoms with E-state index in [1.165, 1.54) is 0 Å². The largest absolute Gasteiger partial charge is 0.384 e. The number of carbonyl (C=O) groups excluding carboxylic acids is 1. The molecule has 18 heavy (non-hydrogen) atoms. The van der Waals surface area contributed by atoms with Gasteiger partial charge in [0, 0.05) is 23.6 Å². The molecule has 0 aromatic carbocycles. The number of hydrogen-bond donors (Lipinski definition) is 1. The average molecular weight is 288 g/mol. The minimum atomic E-state index is -0.0225. The second-order valence-electron chi connectivity index (χ2n) is 4.78. The summed E-state index contributed by atoms with van der Waals surface area (Å²) >= 11 is 1.90. The van der Waals surface area contributed by atoms with E-state index >= 15 is 0 Å². The molecule has 0 unspecified atom stereocenters. The monoisotopic (exact) mass is 287 g/mol. The molecule has 0 atom stereocenters. The molecular formula is C12H18ClN3OS. The molecule has 0 spiro atoms. The van der Waals surface area contributed by atoms with Crippen LogP contribution in [0.25, 0.3) is 0 Å². The van der Waals surface area contributed by atoms with Gasteiger partial charge in [0.25, 0.3) is 5.91 Å². The molecule has 1 fully saturated rings. The molecule has 1 saturated heterocycles. The molecule has 2 N–H and O–H groups in total. The first-order chi connectivity index (χ1) is 7.98. The third-order valence-electron chi connectivity index (χ3n) is 2.70. The van der Waals surface area contributed by atoms with Crippen molar-refractivity contribution in [2.75, 3.05) is 24.6 Å². The van der Waals surface area contributed by atoms with Crippen molar-refractivity contribution in [2.24, 2.45) is 0 Å².